The van der Waals surface area contributed by atoms with Gasteiger partial charge in [0, 0.05) is 19.0 Å². The standard InChI is InChI=1S/C32H37N3O5/c1-32(2,3)28(29(36)33-27(30(37)38)19-35(4)18-21-12-6-5-7-13-21)34-31(39)40-20-26-24-16-10-8-14-22(24)23-15-9-11-17-25(23)26/h5-17,26-28H,18-20H2,1-4H3,(H,33,36)(H,34,39)(H,37,38)/t27?,28-/m0/s1. The molecule has 210 valence electrons. The molecule has 3 N–H and O–H groups in total. The highest BCUT2D eigenvalue weighted by Gasteiger charge is 2.36. The summed E-state index contributed by atoms with van der Waals surface area (Å²) in [6, 6.07) is 23.6. The van der Waals surface area contributed by atoms with E-state index in [1.165, 1.54) is 0 Å². The van der Waals surface area contributed by atoms with Gasteiger partial charge >= 0.3 is 12.1 Å². The zero-order valence-electron chi connectivity index (χ0n) is 23.4. The van der Waals surface area contributed by atoms with Crippen molar-refractivity contribution in [2.45, 2.75) is 45.3 Å². The number of nitrogens with one attached hydrogen (secondary N) is 2. The molecule has 2 amide bonds. The number of benzene rings is 3. The summed E-state index contributed by atoms with van der Waals surface area (Å²) in [4.78, 5) is 40.1. The number of ether oxygens (including phenoxy) is 1. The highest BCUT2D eigenvalue weighted by molar-refractivity contribution is 5.90. The summed E-state index contributed by atoms with van der Waals surface area (Å²) < 4.78 is 5.64. The van der Waals surface area contributed by atoms with Gasteiger partial charge in [-0.1, -0.05) is 99.6 Å². The van der Waals surface area contributed by atoms with Crippen LogP contribution in [0.5, 0.6) is 0 Å². The number of hydrogen-bond donors (Lipinski definition) is 3. The maximum absolute atomic E-state index is 13.3. The molecular weight excluding hydrogens is 506 g/mol. The Morgan fingerprint density at radius 1 is 0.875 bits per heavy atom. The van der Waals surface area contributed by atoms with Crippen molar-refractivity contribution >= 4 is 18.0 Å². The Morgan fingerprint density at radius 2 is 1.43 bits per heavy atom. The van der Waals surface area contributed by atoms with Crippen LogP contribution in [0.3, 0.4) is 0 Å². The van der Waals surface area contributed by atoms with E-state index in [2.05, 4.69) is 22.8 Å². The lowest BCUT2D eigenvalue weighted by Gasteiger charge is -2.31. The normalized spacial score (nSPS) is 14.1. The molecule has 4 rings (SSSR count). The van der Waals surface area contributed by atoms with Crippen LogP contribution in [-0.2, 0) is 20.9 Å². The molecule has 0 saturated heterocycles. The third-order valence-electron chi connectivity index (χ3n) is 7.14. The van der Waals surface area contributed by atoms with E-state index in [1.54, 1.807) is 27.8 Å². The van der Waals surface area contributed by atoms with E-state index >= 15 is 0 Å². The van der Waals surface area contributed by atoms with Crippen molar-refractivity contribution < 1.29 is 24.2 Å². The molecule has 0 saturated carbocycles. The molecule has 0 spiro atoms. The van der Waals surface area contributed by atoms with Crippen LogP contribution < -0.4 is 10.6 Å². The molecule has 2 atom stereocenters. The fourth-order valence-corrected chi connectivity index (χ4v) is 5.15. The van der Waals surface area contributed by atoms with Gasteiger partial charge in [-0.05, 0) is 40.3 Å². The van der Waals surface area contributed by atoms with Crippen LogP contribution in [0.25, 0.3) is 11.1 Å². The van der Waals surface area contributed by atoms with Crippen molar-refractivity contribution in [2.24, 2.45) is 5.41 Å². The van der Waals surface area contributed by atoms with Crippen molar-refractivity contribution in [1.82, 2.24) is 15.5 Å². The highest BCUT2D eigenvalue weighted by atomic mass is 16.5. The first-order chi connectivity index (χ1) is 19.0. The third kappa shape index (κ3) is 6.87. The lowest BCUT2D eigenvalue weighted by atomic mass is 9.86. The average molecular weight is 544 g/mol. The summed E-state index contributed by atoms with van der Waals surface area (Å²) >= 11 is 0. The molecule has 0 aliphatic heterocycles. The zero-order chi connectivity index (χ0) is 28.9. The van der Waals surface area contributed by atoms with Crippen molar-refractivity contribution in [1.29, 1.82) is 0 Å². The molecule has 0 radical (unpaired) electrons. The molecular formula is C32H37N3O5. The van der Waals surface area contributed by atoms with Gasteiger partial charge in [0.05, 0.1) is 0 Å². The molecule has 1 unspecified atom stereocenters. The summed E-state index contributed by atoms with van der Waals surface area (Å²) in [5.74, 6) is -1.85. The summed E-state index contributed by atoms with van der Waals surface area (Å²) in [6.45, 7) is 6.15. The van der Waals surface area contributed by atoms with Crippen LogP contribution in [-0.4, -0.2) is 60.3 Å². The van der Waals surface area contributed by atoms with Crippen LogP contribution in [0.4, 0.5) is 4.79 Å². The maximum Gasteiger partial charge on any atom is 0.407 e. The van der Waals surface area contributed by atoms with Gasteiger partial charge < -0.3 is 20.5 Å². The molecule has 0 bridgehead atoms. The molecule has 8 nitrogen and oxygen atoms in total. The second kappa shape index (κ2) is 12.3. The van der Waals surface area contributed by atoms with Crippen LogP contribution in [0, 0.1) is 5.41 Å². The minimum absolute atomic E-state index is 0.0950. The second-order valence-corrected chi connectivity index (χ2v) is 11.4. The summed E-state index contributed by atoms with van der Waals surface area (Å²) in [7, 11) is 1.80. The number of fused-ring (bicyclic) bond motifs is 3. The van der Waals surface area contributed by atoms with Gasteiger partial charge in [0.2, 0.25) is 5.91 Å². The predicted molar refractivity (Wildman–Crippen MR) is 154 cm³/mol. The Bertz CT molecular complexity index is 1310. The number of aliphatic carboxylic acids is 1. The molecule has 8 heteroatoms. The Labute approximate surface area is 235 Å². The smallest absolute Gasteiger partial charge is 0.407 e. The number of carbonyl (C=O) groups is 3. The largest absolute Gasteiger partial charge is 0.480 e. The number of rotatable bonds is 10. The highest BCUT2D eigenvalue weighted by Crippen LogP contribution is 2.44. The SMILES string of the molecule is CN(Cc1ccccc1)CC(NC(=O)[C@H](NC(=O)OCC1c2ccccc2-c2ccccc21)C(C)(C)C)C(=O)O. The Morgan fingerprint density at radius 3 is 1.98 bits per heavy atom. The van der Waals surface area contributed by atoms with Gasteiger partial charge in [-0.15, -0.1) is 0 Å². The molecule has 40 heavy (non-hydrogen) atoms. The fourth-order valence-electron chi connectivity index (χ4n) is 5.15. The number of hydrogen-bond acceptors (Lipinski definition) is 5. The van der Waals surface area contributed by atoms with E-state index in [0.29, 0.717) is 6.54 Å². The lowest BCUT2D eigenvalue weighted by Crippen LogP contribution is -2.58. The minimum atomic E-state index is -1.16. The summed E-state index contributed by atoms with van der Waals surface area (Å²) in [5.41, 5.74) is 4.75. The number of carboxylic acids is 1. The van der Waals surface area contributed by atoms with E-state index in [0.717, 1.165) is 27.8 Å². The van der Waals surface area contributed by atoms with E-state index in [1.807, 2.05) is 71.6 Å². The molecule has 0 fully saturated rings. The Hall–Kier alpha value is -4.17. The van der Waals surface area contributed by atoms with Gasteiger partial charge in [0.15, 0.2) is 0 Å². The van der Waals surface area contributed by atoms with Crippen molar-refractivity contribution in [3.05, 3.63) is 95.6 Å². The number of amides is 2. The van der Waals surface area contributed by atoms with Crippen molar-refractivity contribution in [3.63, 3.8) is 0 Å². The predicted octanol–water partition coefficient (Wildman–Crippen LogP) is 4.64. The number of carbonyl (C=O) groups excluding carboxylic acids is 2. The molecule has 1 aliphatic rings. The molecule has 3 aromatic carbocycles. The van der Waals surface area contributed by atoms with Crippen molar-refractivity contribution in [2.75, 3.05) is 20.2 Å². The monoisotopic (exact) mass is 543 g/mol. The van der Waals surface area contributed by atoms with Gasteiger partial charge in [-0.2, -0.15) is 0 Å². The number of alkyl carbamates (subject to hydrolysis) is 1. The van der Waals surface area contributed by atoms with Crippen molar-refractivity contribution in [3.8, 4) is 11.1 Å². The average Bonchev–Trinajstić information content (AvgIpc) is 3.23. The molecule has 1 aliphatic carbocycles. The van der Waals surface area contributed by atoms with Gasteiger partial charge in [-0.3, -0.25) is 9.69 Å². The topological polar surface area (TPSA) is 108 Å². The van der Waals surface area contributed by atoms with Gasteiger partial charge in [0.1, 0.15) is 18.7 Å². The number of likely N-dealkylation sites (N-methyl/N-ethyl adjacent to an activating group) is 1. The zero-order valence-corrected chi connectivity index (χ0v) is 23.4. The summed E-state index contributed by atoms with van der Waals surface area (Å²) in [5, 5.41) is 15.1. The maximum atomic E-state index is 13.3. The summed E-state index contributed by atoms with van der Waals surface area (Å²) in [6.07, 6.45) is -0.731. The first kappa shape index (κ1) is 28.8. The quantitative estimate of drug-likeness (QED) is 0.344. The molecule has 3 aromatic rings. The molecule has 0 aromatic heterocycles. The number of nitrogens with zero attached hydrogens (tertiary/aromatic N) is 1. The van der Waals surface area contributed by atoms with Crippen LogP contribution in [0.2, 0.25) is 0 Å². The third-order valence-corrected chi connectivity index (χ3v) is 7.14. The van der Waals surface area contributed by atoms with Gasteiger partial charge in [-0.25, -0.2) is 9.59 Å². The van der Waals surface area contributed by atoms with E-state index < -0.39 is 35.5 Å². The Balaban J connectivity index is 1.39. The lowest BCUT2D eigenvalue weighted by molar-refractivity contribution is -0.143. The first-order valence-corrected chi connectivity index (χ1v) is 13.4. The van der Waals surface area contributed by atoms with E-state index in [4.69, 9.17) is 4.74 Å². The van der Waals surface area contributed by atoms with Gasteiger partial charge in [0.25, 0.3) is 0 Å². The van der Waals surface area contributed by atoms with E-state index in [-0.39, 0.29) is 19.1 Å². The first-order valence-electron chi connectivity index (χ1n) is 13.4. The van der Waals surface area contributed by atoms with E-state index in [9.17, 15) is 19.5 Å². The number of carboxylic acid groups (broad SMARTS) is 1. The fraction of sp³-hybridized carbons (Fsp3) is 0.344. The Kier molecular flexibility index (Phi) is 8.90. The van der Waals surface area contributed by atoms with Crippen LogP contribution in [0.1, 0.15) is 43.4 Å². The van der Waals surface area contributed by atoms with Crippen LogP contribution in [0.15, 0.2) is 78.9 Å². The van der Waals surface area contributed by atoms with Crippen LogP contribution >= 0.6 is 0 Å². The molecule has 0 heterocycles. The second-order valence-electron chi connectivity index (χ2n) is 11.4. The minimum Gasteiger partial charge on any atom is -0.480 e.